The summed E-state index contributed by atoms with van der Waals surface area (Å²) in [4.78, 5) is 18.4. The van der Waals surface area contributed by atoms with Crippen molar-refractivity contribution in [2.24, 2.45) is 0 Å². The molecule has 0 unspecified atom stereocenters. The molecule has 3 rings (SSSR count). The largest absolute Gasteiger partial charge is 0.507 e. The Labute approximate surface area is 146 Å². The number of nitrogens with one attached hydrogen (secondary N) is 1. The number of phenols is 1. The summed E-state index contributed by atoms with van der Waals surface area (Å²) < 4.78 is 0. The Kier molecular flexibility index (Phi) is 5.50. The molecule has 1 saturated heterocycles. The highest BCUT2D eigenvalue weighted by atomic mass is 32.1. The van der Waals surface area contributed by atoms with Crippen LogP contribution in [0.3, 0.4) is 0 Å². The van der Waals surface area contributed by atoms with Crippen LogP contribution in [0.2, 0.25) is 0 Å². The molecule has 0 bridgehead atoms. The van der Waals surface area contributed by atoms with Crippen molar-refractivity contribution in [2.45, 2.75) is 6.04 Å². The maximum atomic E-state index is 12.4. The molecular weight excluding hydrogens is 322 g/mol. The lowest BCUT2D eigenvalue weighted by Gasteiger charge is -2.37. The van der Waals surface area contributed by atoms with Gasteiger partial charge in [0.25, 0.3) is 5.91 Å². The molecule has 0 aliphatic carbocycles. The molecule has 0 saturated carbocycles. The molecular formula is C18H23N3O2S. The van der Waals surface area contributed by atoms with Gasteiger partial charge in [0, 0.05) is 37.6 Å². The van der Waals surface area contributed by atoms with Gasteiger partial charge in [0.2, 0.25) is 0 Å². The molecule has 1 fully saturated rings. The average molecular weight is 345 g/mol. The maximum absolute atomic E-state index is 12.4. The second-order valence-electron chi connectivity index (χ2n) is 6.10. The molecule has 1 aromatic carbocycles. The Hall–Kier alpha value is -1.89. The Bertz CT molecular complexity index is 667. The number of aromatic hydroxyl groups is 1. The van der Waals surface area contributed by atoms with E-state index in [-0.39, 0.29) is 17.7 Å². The summed E-state index contributed by atoms with van der Waals surface area (Å²) in [6, 6.07) is 11.0. The van der Waals surface area contributed by atoms with Gasteiger partial charge in [-0.15, -0.1) is 11.3 Å². The quantitative estimate of drug-likeness (QED) is 0.872. The highest BCUT2D eigenvalue weighted by Crippen LogP contribution is 2.26. The fourth-order valence-electron chi connectivity index (χ4n) is 2.97. The van der Waals surface area contributed by atoms with Crippen molar-refractivity contribution in [2.75, 3.05) is 39.8 Å². The van der Waals surface area contributed by atoms with Crippen LogP contribution in [0, 0.1) is 0 Å². The zero-order chi connectivity index (χ0) is 16.9. The molecule has 2 aromatic rings. The first-order valence-electron chi connectivity index (χ1n) is 8.17. The van der Waals surface area contributed by atoms with Gasteiger partial charge in [-0.1, -0.05) is 18.2 Å². The number of para-hydroxylation sites is 1. The van der Waals surface area contributed by atoms with Crippen LogP contribution in [-0.4, -0.2) is 60.6 Å². The van der Waals surface area contributed by atoms with Gasteiger partial charge in [0.1, 0.15) is 5.75 Å². The van der Waals surface area contributed by atoms with Gasteiger partial charge in [-0.05, 0) is 30.6 Å². The predicted molar refractivity (Wildman–Crippen MR) is 96.6 cm³/mol. The van der Waals surface area contributed by atoms with E-state index in [4.69, 9.17) is 0 Å². The number of likely N-dealkylation sites (N-methyl/N-ethyl adjacent to an activating group) is 1. The molecule has 24 heavy (non-hydrogen) atoms. The fourth-order valence-corrected chi connectivity index (χ4v) is 3.84. The van der Waals surface area contributed by atoms with Gasteiger partial charge in [-0.25, -0.2) is 0 Å². The molecule has 2 N–H and O–H groups in total. The zero-order valence-corrected chi connectivity index (χ0v) is 14.6. The number of benzene rings is 1. The SMILES string of the molecule is CN1CCN([C@@H](CNC(=O)c2ccccc2O)c2cccs2)CC1. The first-order chi connectivity index (χ1) is 11.6. The van der Waals surface area contributed by atoms with E-state index in [2.05, 4.69) is 33.6 Å². The molecule has 0 spiro atoms. The summed E-state index contributed by atoms with van der Waals surface area (Å²) in [5.41, 5.74) is 0.320. The Morgan fingerprint density at radius 3 is 2.62 bits per heavy atom. The summed E-state index contributed by atoms with van der Waals surface area (Å²) in [5, 5.41) is 14.9. The van der Waals surface area contributed by atoms with E-state index in [0.29, 0.717) is 12.1 Å². The van der Waals surface area contributed by atoms with Crippen molar-refractivity contribution in [3.8, 4) is 5.75 Å². The molecule has 1 amide bonds. The normalized spacial score (nSPS) is 17.5. The number of nitrogens with zero attached hydrogens (tertiary/aromatic N) is 2. The Morgan fingerprint density at radius 1 is 1.21 bits per heavy atom. The molecule has 1 aromatic heterocycles. The van der Waals surface area contributed by atoms with E-state index in [1.165, 1.54) is 10.9 Å². The van der Waals surface area contributed by atoms with Gasteiger partial charge < -0.3 is 15.3 Å². The zero-order valence-electron chi connectivity index (χ0n) is 13.8. The van der Waals surface area contributed by atoms with Gasteiger partial charge in [-0.3, -0.25) is 9.69 Å². The Balaban J connectivity index is 1.68. The van der Waals surface area contributed by atoms with Crippen molar-refractivity contribution in [1.29, 1.82) is 0 Å². The van der Waals surface area contributed by atoms with Crippen LogP contribution in [0.1, 0.15) is 21.3 Å². The third-order valence-corrected chi connectivity index (χ3v) is 5.43. The summed E-state index contributed by atoms with van der Waals surface area (Å²) in [5.74, 6) is -0.217. The summed E-state index contributed by atoms with van der Waals surface area (Å²) in [6.45, 7) is 4.60. The van der Waals surface area contributed by atoms with Crippen LogP contribution in [0.15, 0.2) is 41.8 Å². The van der Waals surface area contributed by atoms with Crippen LogP contribution in [0.25, 0.3) is 0 Å². The minimum Gasteiger partial charge on any atom is -0.507 e. The van der Waals surface area contributed by atoms with Gasteiger partial charge in [0.05, 0.1) is 11.6 Å². The predicted octanol–water partition coefficient (Wildman–Crippen LogP) is 2.17. The third-order valence-electron chi connectivity index (χ3n) is 4.45. The van der Waals surface area contributed by atoms with Crippen LogP contribution in [0.5, 0.6) is 5.75 Å². The van der Waals surface area contributed by atoms with Crippen LogP contribution in [0.4, 0.5) is 0 Å². The molecule has 1 aliphatic rings. The van der Waals surface area contributed by atoms with Crippen molar-refractivity contribution < 1.29 is 9.90 Å². The number of amides is 1. The highest BCUT2D eigenvalue weighted by molar-refractivity contribution is 7.10. The minimum atomic E-state index is -0.233. The van der Waals surface area contributed by atoms with Crippen LogP contribution < -0.4 is 5.32 Å². The van der Waals surface area contributed by atoms with E-state index in [1.807, 2.05) is 6.07 Å². The number of carbonyl (C=O) groups excluding carboxylic acids is 1. The van der Waals surface area contributed by atoms with Crippen molar-refractivity contribution in [1.82, 2.24) is 15.1 Å². The van der Waals surface area contributed by atoms with Gasteiger partial charge in [-0.2, -0.15) is 0 Å². The molecule has 0 radical (unpaired) electrons. The standard InChI is InChI=1S/C18H23N3O2S/c1-20-8-10-21(11-9-20)15(17-7-4-12-24-17)13-19-18(23)14-5-2-3-6-16(14)22/h2-7,12,15,22H,8-11,13H2,1H3,(H,19,23)/t15-/m0/s1. The number of rotatable bonds is 5. The summed E-state index contributed by atoms with van der Waals surface area (Å²) in [7, 11) is 2.14. The van der Waals surface area contributed by atoms with Crippen molar-refractivity contribution >= 4 is 17.2 Å². The monoisotopic (exact) mass is 345 g/mol. The molecule has 128 valence electrons. The number of hydrogen-bond acceptors (Lipinski definition) is 5. The number of phenolic OH excluding ortho intramolecular Hbond substituents is 1. The van der Waals surface area contributed by atoms with E-state index in [1.54, 1.807) is 29.5 Å². The molecule has 6 heteroatoms. The van der Waals surface area contributed by atoms with E-state index in [9.17, 15) is 9.90 Å². The minimum absolute atomic E-state index is 0.0160. The van der Waals surface area contributed by atoms with Crippen LogP contribution >= 0.6 is 11.3 Å². The highest BCUT2D eigenvalue weighted by Gasteiger charge is 2.25. The number of thiophene rings is 1. The lowest BCUT2D eigenvalue weighted by Crippen LogP contribution is -2.48. The molecule has 2 heterocycles. The Morgan fingerprint density at radius 2 is 1.96 bits per heavy atom. The first kappa shape index (κ1) is 17.0. The summed E-state index contributed by atoms with van der Waals surface area (Å²) in [6.07, 6.45) is 0. The number of hydrogen-bond donors (Lipinski definition) is 2. The van der Waals surface area contributed by atoms with E-state index >= 15 is 0 Å². The third kappa shape index (κ3) is 3.95. The average Bonchev–Trinajstić information content (AvgIpc) is 3.11. The van der Waals surface area contributed by atoms with E-state index < -0.39 is 0 Å². The lowest BCUT2D eigenvalue weighted by atomic mass is 10.1. The second kappa shape index (κ2) is 7.79. The van der Waals surface area contributed by atoms with Crippen molar-refractivity contribution in [3.05, 3.63) is 52.2 Å². The lowest BCUT2D eigenvalue weighted by molar-refractivity contribution is 0.0888. The summed E-state index contributed by atoms with van der Waals surface area (Å²) >= 11 is 1.72. The number of carbonyl (C=O) groups is 1. The topological polar surface area (TPSA) is 55.8 Å². The molecule has 1 atom stereocenters. The first-order valence-corrected chi connectivity index (χ1v) is 9.05. The van der Waals surface area contributed by atoms with Gasteiger partial charge >= 0.3 is 0 Å². The fraction of sp³-hybridized carbons (Fsp3) is 0.389. The maximum Gasteiger partial charge on any atom is 0.255 e. The van der Waals surface area contributed by atoms with Gasteiger partial charge in [0.15, 0.2) is 0 Å². The molecule has 5 nitrogen and oxygen atoms in total. The smallest absolute Gasteiger partial charge is 0.255 e. The number of piperazine rings is 1. The van der Waals surface area contributed by atoms with Crippen molar-refractivity contribution in [3.63, 3.8) is 0 Å². The molecule has 1 aliphatic heterocycles. The van der Waals surface area contributed by atoms with E-state index in [0.717, 1.165) is 26.2 Å². The second-order valence-corrected chi connectivity index (χ2v) is 7.08. The van der Waals surface area contributed by atoms with Crippen LogP contribution in [-0.2, 0) is 0 Å².